The van der Waals surface area contributed by atoms with Gasteiger partial charge in [-0.25, -0.2) is 4.98 Å². The maximum Gasteiger partial charge on any atom is 0.308 e. The van der Waals surface area contributed by atoms with Crippen molar-refractivity contribution in [3.8, 4) is 11.4 Å². The number of thiophene rings is 1. The predicted molar refractivity (Wildman–Crippen MR) is 63.9 cm³/mol. The van der Waals surface area contributed by atoms with Crippen LogP contribution in [0, 0.1) is 0 Å². The number of hydrogen-bond donors (Lipinski definition) is 3. The molecule has 0 unspecified atom stereocenters. The van der Waals surface area contributed by atoms with Gasteiger partial charge in [-0.15, -0.1) is 0 Å². The van der Waals surface area contributed by atoms with E-state index in [4.69, 9.17) is 10.8 Å². The first-order chi connectivity index (χ1) is 8.08. The fourth-order valence-corrected chi connectivity index (χ4v) is 2.01. The van der Waals surface area contributed by atoms with Gasteiger partial charge in [0.05, 0.1) is 12.0 Å². The Balaban J connectivity index is 2.49. The average Bonchev–Trinajstić information content (AvgIpc) is 2.76. The maximum atomic E-state index is 11.7. The molecule has 88 valence electrons. The van der Waals surface area contributed by atoms with Gasteiger partial charge in [-0.2, -0.15) is 11.3 Å². The van der Waals surface area contributed by atoms with E-state index in [0.29, 0.717) is 5.82 Å². The smallest absolute Gasteiger partial charge is 0.308 e. The zero-order valence-electron chi connectivity index (χ0n) is 8.64. The molecule has 0 spiro atoms. The number of anilines is 1. The lowest BCUT2D eigenvalue weighted by atomic mass is 10.2. The molecule has 2 aromatic heterocycles. The van der Waals surface area contributed by atoms with E-state index in [2.05, 4.69) is 9.97 Å². The molecule has 0 saturated heterocycles. The van der Waals surface area contributed by atoms with E-state index < -0.39 is 17.9 Å². The van der Waals surface area contributed by atoms with Crippen molar-refractivity contribution in [2.24, 2.45) is 0 Å². The summed E-state index contributed by atoms with van der Waals surface area (Å²) >= 11 is 1.46. The van der Waals surface area contributed by atoms with Crippen molar-refractivity contribution in [2.45, 2.75) is 6.42 Å². The highest BCUT2D eigenvalue weighted by molar-refractivity contribution is 7.08. The number of nitrogens with zero attached hydrogens (tertiary/aromatic N) is 1. The number of rotatable bonds is 3. The summed E-state index contributed by atoms with van der Waals surface area (Å²) in [6.45, 7) is 0. The van der Waals surface area contributed by atoms with Crippen molar-refractivity contribution < 1.29 is 9.90 Å². The van der Waals surface area contributed by atoms with Crippen LogP contribution in [-0.2, 0) is 11.2 Å². The van der Waals surface area contributed by atoms with E-state index in [1.165, 1.54) is 11.3 Å². The molecule has 7 heteroatoms. The number of nitrogens with two attached hydrogens (primary N) is 1. The van der Waals surface area contributed by atoms with E-state index in [9.17, 15) is 9.59 Å². The third kappa shape index (κ3) is 2.34. The highest BCUT2D eigenvalue weighted by Crippen LogP contribution is 2.18. The number of carboxylic acids is 1. The third-order valence-corrected chi connectivity index (χ3v) is 2.85. The van der Waals surface area contributed by atoms with Crippen molar-refractivity contribution >= 4 is 23.1 Å². The molecule has 2 rings (SSSR count). The van der Waals surface area contributed by atoms with Gasteiger partial charge in [-0.05, 0) is 11.4 Å². The van der Waals surface area contributed by atoms with Gasteiger partial charge in [0.25, 0.3) is 5.56 Å². The molecule has 0 radical (unpaired) electrons. The number of hydrogen-bond acceptors (Lipinski definition) is 5. The third-order valence-electron chi connectivity index (χ3n) is 2.17. The van der Waals surface area contributed by atoms with Crippen molar-refractivity contribution in [1.82, 2.24) is 9.97 Å². The van der Waals surface area contributed by atoms with Gasteiger partial charge in [0, 0.05) is 10.9 Å². The average molecular weight is 251 g/mol. The van der Waals surface area contributed by atoms with Crippen LogP contribution in [0.25, 0.3) is 11.4 Å². The summed E-state index contributed by atoms with van der Waals surface area (Å²) in [4.78, 5) is 28.7. The number of carbonyl (C=O) groups is 1. The highest BCUT2D eigenvalue weighted by atomic mass is 32.1. The Morgan fingerprint density at radius 1 is 1.59 bits per heavy atom. The SMILES string of the molecule is Nc1nc(-c2ccsc2)[nH]c(=O)c1CC(=O)O. The maximum absolute atomic E-state index is 11.7. The standard InChI is InChI=1S/C10H9N3O3S/c11-8-6(3-7(14)15)10(16)13-9(12-8)5-1-2-17-4-5/h1-2,4H,3H2,(H,14,15)(H3,11,12,13,16). The van der Waals surface area contributed by atoms with Gasteiger partial charge in [0.2, 0.25) is 0 Å². The lowest BCUT2D eigenvalue weighted by Gasteiger charge is -2.03. The van der Waals surface area contributed by atoms with Gasteiger partial charge in [0.15, 0.2) is 0 Å². The van der Waals surface area contributed by atoms with Gasteiger partial charge >= 0.3 is 5.97 Å². The number of aromatic nitrogens is 2. The molecule has 0 atom stereocenters. The van der Waals surface area contributed by atoms with E-state index >= 15 is 0 Å². The molecule has 4 N–H and O–H groups in total. The summed E-state index contributed by atoms with van der Waals surface area (Å²) < 4.78 is 0. The minimum absolute atomic E-state index is 0.0171. The molecule has 2 aromatic rings. The fourth-order valence-electron chi connectivity index (χ4n) is 1.37. The first kappa shape index (κ1) is 11.3. The zero-order chi connectivity index (χ0) is 12.4. The van der Waals surface area contributed by atoms with Gasteiger partial charge in [0.1, 0.15) is 11.6 Å². The number of nitrogens with one attached hydrogen (secondary N) is 1. The van der Waals surface area contributed by atoms with Crippen LogP contribution in [0.3, 0.4) is 0 Å². The second kappa shape index (κ2) is 4.38. The summed E-state index contributed by atoms with van der Waals surface area (Å²) in [5, 5.41) is 12.3. The van der Waals surface area contributed by atoms with E-state index in [0.717, 1.165) is 5.56 Å². The second-order valence-corrected chi connectivity index (χ2v) is 4.14. The monoisotopic (exact) mass is 251 g/mol. The molecule has 0 aliphatic carbocycles. The molecular weight excluding hydrogens is 242 g/mol. The van der Waals surface area contributed by atoms with Crippen LogP contribution in [0.1, 0.15) is 5.56 Å². The van der Waals surface area contributed by atoms with E-state index in [1.807, 2.05) is 10.8 Å². The van der Waals surface area contributed by atoms with Gasteiger partial charge in [-0.1, -0.05) is 0 Å². The van der Waals surface area contributed by atoms with E-state index in [-0.39, 0.29) is 11.4 Å². The molecule has 0 saturated carbocycles. The number of aromatic amines is 1. The topological polar surface area (TPSA) is 109 Å². The number of H-pyrrole nitrogens is 1. The quantitative estimate of drug-likeness (QED) is 0.744. The Morgan fingerprint density at radius 2 is 2.35 bits per heavy atom. The summed E-state index contributed by atoms with van der Waals surface area (Å²) in [5.41, 5.74) is 5.81. The Hall–Kier alpha value is -2.15. The molecule has 0 bridgehead atoms. The molecule has 0 aliphatic rings. The summed E-state index contributed by atoms with van der Waals surface area (Å²) in [6.07, 6.45) is -0.432. The van der Waals surface area contributed by atoms with Crippen LogP contribution in [0.4, 0.5) is 5.82 Å². The van der Waals surface area contributed by atoms with Crippen molar-refractivity contribution in [1.29, 1.82) is 0 Å². The normalized spacial score (nSPS) is 10.4. The van der Waals surface area contributed by atoms with Crippen molar-refractivity contribution in [3.05, 3.63) is 32.7 Å². The van der Waals surface area contributed by atoms with Crippen LogP contribution in [0.15, 0.2) is 21.6 Å². The largest absolute Gasteiger partial charge is 0.481 e. The predicted octanol–water partition coefficient (Wildman–Crippen LogP) is 0.708. The molecular formula is C10H9N3O3S. The molecule has 0 fully saturated rings. The first-order valence-electron chi connectivity index (χ1n) is 4.71. The van der Waals surface area contributed by atoms with Gasteiger partial charge < -0.3 is 15.8 Å². The van der Waals surface area contributed by atoms with Crippen molar-refractivity contribution in [2.75, 3.05) is 5.73 Å². The van der Waals surface area contributed by atoms with Crippen LogP contribution in [0.5, 0.6) is 0 Å². The Labute approximate surface area is 99.8 Å². The molecule has 2 heterocycles. The number of nitrogen functional groups attached to an aromatic ring is 1. The number of carboxylic acid groups (broad SMARTS) is 1. The minimum Gasteiger partial charge on any atom is -0.481 e. The van der Waals surface area contributed by atoms with Crippen molar-refractivity contribution in [3.63, 3.8) is 0 Å². The zero-order valence-corrected chi connectivity index (χ0v) is 9.45. The van der Waals surface area contributed by atoms with Crippen LogP contribution >= 0.6 is 11.3 Å². The van der Waals surface area contributed by atoms with E-state index in [1.54, 1.807) is 6.07 Å². The lowest BCUT2D eigenvalue weighted by Crippen LogP contribution is -2.20. The molecule has 0 aliphatic heterocycles. The Morgan fingerprint density at radius 3 is 2.88 bits per heavy atom. The lowest BCUT2D eigenvalue weighted by molar-refractivity contribution is -0.136. The molecule has 0 amide bonds. The minimum atomic E-state index is -1.12. The Kier molecular flexibility index (Phi) is 2.92. The second-order valence-electron chi connectivity index (χ2n) is 3.36. The summed E-state index contributed by atoms with van der Waals surface area (Å²) in [7, 11) is 0. The fraction of sp³-hybridized carbons (Fsp3) is 0.100. The number of aliphatic carboxylic acids is 1. The highest BCUT2D eigenvalue weighted by Gasteiger charge is 2.13. The first-order valence-corrected chi connectivity index (χ1v) is 5.65. The molecule has 17 heavy (non-hydrogen) atoms. The van der Waals surface area contributed by atoms with Crippen LogP contribution in [-0.4, -0.2) is 21.0 Å². The molecule has 6 nitrogen and oxygen atoms in total. The summed E-state index contributed by atoms with van der Waals surface area (Å²) in [5.74, 6) is -0.812. The van der Waals surface area contributed by atoms with Crippen LogP contribution < -0.4 is 11.3 Å². The Bertz CT molecular complexity index is 604. The summed E-state index contributed by atoms with van der Waals surface area (Å²) in [6, 6.07) is 1.79. The van der Waals surface area contributed by atoms with Crippen LogP contribution in [0.2, 0.25) is 0 Å². The molecule has 0 aromatic carbocycles. The van der Waals surface area contributed by atoms with Gasteiger partial charge in [-0.3, -0.25) is 9.59 Å².